The lowest BCUT2D eigenvalue weighted by Gasteiger charge is -2.13. The van der Waals surface area contributed by atoms with Crippen LogP contribution in [0.3, 0.4) is 0 Å². The summed E-state index contributed by atoms with van der Waals surface area (Å²) in [7, 11) is 1.49. The molecule has 20 heavy (non-hydrogen) atoms. The van der Waals surface area contributed by atoms with Crippen LogP contribution in [0.15, 0.2) is 18.5 Å². The highest BCUT2D eigenvalue weighted by Gasteiger charge is 2.14. The number of carbonyl (C=O) groups is 1. The smallest absolute Gasteiger partial charge is 0.172 e. The first-order valence-electron chi connectivity index (χ1n) is 6.01. The van der Waals surface area contributed by atoms with Crippen molar-refractivity contribution in [3.8, 4) is 11.5 Å². The summed E-state index contributed by atoms with van der Waals surface area (Å²) >= 11 is 5.91. The van der Waals surface area contributed by atoms with Crippen LogP contribution >= 0.6 is 11.6 Å². The van der Waals surface area contributed by atoms with Gasteiger partial charge in [0.15, 0.2) is 23.6 Å². The third kappa shape index (κ3) is 2.91. The van der Waals surface area contributed by atoms with Crippen LogP contribution in [0.25, 0.3) is 0 Å². The first-order valence-corrected chi connectivity index (χ1v) is 6.39. The van der Waals surface area contributed by atoms with E-state index in [1.807, 2.05) is 6.92 Å². The molecular weight excluding hydrogens is 282 g/mol. The highest BCUT2D eigenvalue weighted by atomic mass is 35.5. The van der Waals surface area contributed by atoms with Crippen LogP contribution in [-0.4, -0.2) is 28.2 Å². The molecule has 0 amide bonds. The van der Waals surface area contributed by atoms with E-state index in [-0.39, 0.29) is 6.61 Å². The van der Waals surface area contributed by atoms with E-state index in [2.05, 4.69) is 10.1 Å². The number of ether oxygens (including phenoxy) is 2. The summed E-state index contributed by atoms with van der Waals surface area (Å²) in [6, 6.07) is 3.12. The summed E-state index contributed by atoms with van der Waals surface area (Å²) in [6.07, 6.45) is 2.14. The molecule has 0 atom stereocenters. The Bertz CT molecular complexity index is 613. The van der Waals surface area contributed by atoms with E-state index >= 15 is 0 Å². The van der Waals surface area contributed by atoms with Gasteiger partial charge < -0.3 is 9.47 Å². The van der Waals surface area contributed by atoms with Crippen molar-refractivity contribution in [3.05, 3.63) is 34.9 Å². The van der Waals surface area contributed by atoms with Gasteiger partial charge in [-0.2, -0.15) is 5.10 Å². The molecule has 2 rings (SSSR count). The standard InChI is InChI=1S/C13H14ClN3O3/c1-3-17-12(15-8-16-17)7-20-13-9(6-18)4-10(14)5-11(13)19-2/h4-6,8H,3,7H2,1-2H3. The molecule has 0 N–H and O–H groups in total. The molecular formula is C13H14ClN3O3. The van der Waals surface area contributed by atoms with E-state index in [0.29, 0.717) is 40.7 Å². The lowest BCUT2D eigenvalue weighted by atomic mass is 10.2. The summed E-state index contributed by atoms with van der Waals surface area (Å²) in [4.78, 5) is 15.2. The number of rotatable bonds is 6. The lowest BCUT2D eigenvalue weighted by molar-refractivity contribution is 0.111. The van der Waals surface area contributed by atoms with Gasteiger partial charge in [-0.15, -0.1) is 0 Å². The van der Waals surface area contributed by atoms with Gasteiger partial charge in [-0.25, -0.2) is 9.67 Å². The topological polar surface area (TPSA) is 66.2 Å². The summed E-state index contributed by atoms with van der Waals surface area (Å²) in [5.74, 6) is 1.42. The van der Waals surface area contributed by atoms with Crippen LogP contribution < -0.4 is 9.47 Å². The number of aldehydes is 1. The number of aromatic nitrogens is 3. The second-order valence-corrected chi connectivity index (χ2v) is 4.36. The summed E-state index contributed by atoms with van der Waals surface area (Å²) < 4.78 is 12.5. The molecule has 1 aromatic carbocycles. The van der Waals surface area contributed by atoms with Crippen molar-refractivity contribution in [2.45, 2.75) is 20.1 Å². The normalized spacial score (nSPS) is 10.3. The Hall–Kier alpha value is -2.08. The van der Waals surface area contributed by atoms with Gasteiger partial charge in [0.25, 0.3) is 0 Å². The number of hydrogen-bond acceptors (Lipinski definition) is 5. The average molecular weight is 296 g/mol. The first kappa shape index (κ1) is 14.3. The van der Waals surface area contributed by atoms with Gasteiger partial charge in [-0.05, 0) is 13.0 Å². The van der Waals surface area contributed by atoms with Gasteiger partial charge in [-0.1, -0.05) is 11.6 Å². The molecule has 6 nitrogen and oxygen atoms in total. The zero-order valence-electron chi connectivity index (χ0n) is 11.2. The predicted molar refractivity (Wildman–Crippen MR) is 73.4 cm³/mol. The van der Waals surface area contributed by atoms with Crippen molar-refractivity contribution < 1.29 is 14.3 Å². The first-order chi connectivity index (χ1) is 9.69. The zero-order chi connectivity index (χ0) is 14.5. The molecule has 2 aromatic rings. The number of benzene rings is 1. The molecule has 0 aliphatic carbocycles. The highest BCUT2D eigenvalue weighted by Crippen LogP contribution is 2.34. The van der Waals surface area contributed by atoms with E-state index < -0.39 is 0 Å². The molecule has 0 bridgehead atoms. The van der Waals surface area contributed by atoms with Crippen molar-refractivity contribution in [2.75, 3.05) is 7.11 Å². The minimum atomic E-state index is 0.187. The number of carbonyl (C=O) groups excluding carboxylic acids is 1. The van der Waals surface area contributed by atoms with E-state index in [1.165, 1.54) is 19.5 Å². The molecule has 0 fully saturated rings. The van der Waals surface area contributed by atoms with Crippen LogP contribution in [0.5, 0.6) is 11.5 Å². The van der Waals surface area contributed by atoms with Gasteiger partial charge in [0.2, 0.25) is 0 Å². The van der Waals surface area contributed by atoms with Gasteiger partial charge in [0, 0.05) is 17.6 Å². The fourth-order valence-corrected chi connectivity index (χ4v) is 2.00. The quantitative estimate of drug-likeness (QED) is 0.765. The molecule has 0 aliphatic heterocycles. The van der Waals surface area contributed by atoms with Gasteiger partial charge >= 0.3 is 0 Å². The van der Waals surface area contributed by atoms with Crippen molar-refractivity contribution in [3.63, 3.8) is 0 Å². The Morgan fingerprint density at radius 1 is 1.45 bits per heavy atom. The summed E-state index contributed by atoms with van der Waals surface area (Å²) in [5.41, 5.74) is 0.330. The second kappa shape index (κ2) is 6.38. The maximum Gasteiger partial charge on any atom is 0.172 e. The number of nitrogens with zero attached hydrogens (tertiary/aromatic N) is 3. The van der Waals surface area contributed by atoms with E-state index in [0.717, 1.165) is 0 Å². The van der Waals surface area contributed by atoms with Crippen molar-refractivity contribution in [1.82, 2.24) is 14.8 Å². The van der Waals surface area contributed by atoms with Gasteiger partial charge in [0.1, 0.15) is 12.9 Å². The second-order valence-electron chi connectivity index (χ2n) is 3.92. The fourth-order valence-electron chi connectivity index (χ4n) is 1.78. The Kier molecular flexibility index (Phi) is 4.57. The van der Waals surface area contributed by atoms with Crippen LogP contribution in [-0.2, 0) is 13.2 Å². The zero-order valence-corrected chi connectivity index (χ0v) is 11.9. The largest absolute Gasteiger partial charge is 0.493 e. The SMILES string of the molecule is CCn1ncnc1COc1c(C=O)cc(Cl)cc1OC. The minimum absolute atomic E-state index is 0.187. The minimum Gasteiger partial charge on any atom is -0.493 e. The van der Waals surface area contributed by atoms with E-state index in [4.69, 9.17) is 21.1 Å². The van der Waals surface area contributed by atoms with E-state index in [1.54, 1.807) is 10.7 Å². The molecule has 1 heterocycles. The van der Waals surface area contributed by atoms with Crippen LogP contribution in [0, 0.1) is 0 Å². The lowest BCUT2D eigenvalue weighted by Crippen LogP contribution is -2.08. The number of aryl methyl sites for hydroxylation is 1. The van der Waals surface area contributed by atoms with Crippen LogP contribution in [0.2, 0.25) is 5.02 Å². The van der Waals surface area contributed by atoms with Crippen molar-refractivity contribution in [2.24, 2.45) is 0 Å². The molecule has 1 aromatic heterocycles. The predicted octanol–water partition coefficient (Wildman–Crippen LogP) is 2.35. The van der Waals surface area contributed by atoms with Gasteiger partial charge in [0.05, 0.1) is 12.7 Å². The molecule has 0 aliphatic rings. The Morgan fingerprint density at radius 3 is 2.90 bits per heavy atom. The summed E-state index contributed by atoms with van der Waals surface area (Å²) in [5, 5.41) is 4.46. The molecule has 0 saturated carbocycles. The number of hydrogen-bond donors (Lipinski definition) is 0. The molecule has 0 radical (unpaired) electrons. The number of methoxy groups -OCH3 is 1. The Balaban J connectivity index is 2.26. The summed E-state index contributed by atoms with van der Waals surface area (Å²) in [6.45, 7) is 2.83. The third-order valence-electron chi connectivity index (χ3n) is 2.74. The third-order valence-corrected chi connectivity index (χ3v) is 2.95. The number of halogens is 1. The van der Waals surface area contributed by atoms with E-state index in [9.17, 15) is 4.79 Å². The van der Waals surface area contributed by atoms with Gasteiger partial charge in [-0.3, -0.25) is 4.79 Å². The molecule has 0 unspecified atom stereocenters. The highest BCUT2D eigenvalue weighted by molar-refractivity contribution is 6.31. The molecule has 7 heteroatoms. The average Bonchev–Trinajstić information content (AvgIpc) is 2.92. The Morgan fingerprint density at radius 2 is 2.25 bits per heavy atom. The maximum atomic E-state index is 11.1. The molecule has 0 saturated heterocycles. The van der Waals surface area contributed by atoms with Crippen LogP contribution in [0.4, 0.5) is 0 Å². The molecule has 0 spiro atoms. The molecule has 106 valence electrons. The maximum absolute atomic E-state index is 11.1. The van der Waals surface area contributed by atoms with Crippen molar-refractivity contribution >= 4 is 17.9 Å². The van der Waals surface area contributed by atoms with Crippen LogP contribution in [0.1, 0.15) is 23.1 Å². The fraction of sp³-hybridized carbons (Fsp3) is 0.308. The van der Waals surface area contributed by atoms with Crippen molar-refractivity contribution in [1.29, 1.82) is 0 Å². The Labute approximate surface area is 121 Å². The monoisotopic (exact) mass is 295 g/mol.